The van der Waals surface area contributed by atoms with E-state index in [0.717, 1.165) is 26.1 Å². The first-order valence-electron chi connectivity index (χ1n) is 16.3. The van der Waals surface area contributed by atoms with Crippen LogP contribution in [0.5, 0.6) is 0 Å². The van der Waals surface area contributed by atoms with E-state index >= 15 is 0 Å². The van der Waals surface area contributed by atoms with Gasteiger partial charge in [0.15, 0.2) is 23.1 Å². The summed E-state index contributed by atoms with van der Waals surface area (Å²) >= 11 is 0. The van der Waals surface area contributed by atoms with Crippen molar-refractivity contribution in [3.8, 4) is 0 Å². The van der Waals surface area contributed by atoms with Gasteiger partial charge in [0.05, 0.1) is 22.5 Å². The first-order valence-corrected chi connectivity index (χ1v) is 16.3. The third-order valence-corrected chi connectivity index (χ3v) is 8.86. The van der Waals surface area contributed by atoms with Crippen molar-refractivity contribution in [2.75, 3.05) is 42.1 Å². The van der Waals surface area contributed by atoms with Gasteiger partial charge in [-0.05, 0) is 38.2 Å². The molecular weight excluding hydrogens is 618 g/mol. The van der Waals surface area contributed by atoms with E-state index in [2.05, 4.69) is 49.6 Å². The van der Waals surface area contributed by atoms with Gasteiger partial charge in [-0.25, -0.2) is 0 Å². The van der Waals surface area contributed by atoms with Gasteiger partial charge >= 0.3 is 0 Å². The van der Waals surface area contributed by atoms with Gasteiger partial charge in [0, 0.05) is 39.9 Å². The number of hydrogen-bond acceptors (Lipinski definition) is 11. The maximum atomic E-state index is 13.7. The van der Waals surface area contributed by atoms with Crippen molar-refractivity contribution in [1.29, 1.82) is 0 Å². The highest BCUT2D eigenvalue weighted by Crippen LogP contribution is 2.35. The Morgan fingerprint density at radius 3 is 1.37 bits per heavy atom. The van der Waals surface area contributed by atoms with Crippen LogP contribution in [0.2, 0.25) is 0 Å². The van der Waals surface area contributed by atoms with Crippen LogP contribution in [0.4, 0.5) is 29.2 Å². The predicted octanol–water partition coefficient (Wildman–Crippen LogP) is 6.05. The standard InChI is InChI=1S/C38H33N7O4/c1-3-45(4-2)21-11-20-39-36-42-37(40-28-18-9-16-26-30(28)34(48)24-14-7-5-12-22(24)32(26)46)44-38(43-36)41-29-19-10-17-27-31(29)35(49)25-15-8-6-13-23(25)33(27)47/h5-10,12-19H,3-4,11,20-21H2,1-2H3,(H3,39,40,41,42,43,44). The second kappa shape index (κ2) is 13.2. The molecule has 11 nitrogen and oxygen atoms in total. The summed E-state index contributed by atoms with van der Waals surface area (Å²) in [6.45, 7) is 7.61. The second-order valence-corrected chi connectivity index (χ2v) is 11.7. The molecule has 2 aliphatic carbocycles. The molecule has 0 saturated carbocycles. The summed E-state index contributed by atoms with van der Waals surface area (Å²) in [7, 11) is 0. The Hall–Kier alpha value is -6.07. The van der Waals surface area contributed by atoms with Gasteiger partial charge in [0.25, 0.3) is 0 Å². The Labute approximate surface area is 282 Å². The Bertz CT molecular complexity index is 2020. The van der Waals surface area contributed by atoms with Crippen LogP contribution in [0.25, 0.3) is 0 Å². The summed E-state index contributed by atoms with van der Waals surface area (Å²) in [5.74, 6) is -0.573. The van der Waals surface area contributed by atoms with Crippen molar-refractivity contribution in [1.82, 2.24) is 19.9 Å². The molecule has 0 radical (unpaired) electrons. The molecule has 0 fully saturated rings. The average molecular weight is 652 g/mol. The molecule has 0 spiro atoms. The first-order chi connectivity index (χ1) is 23.9. The number of aromatic nitrogens is 3. The minimum Gasteiger partial charge on any atom is -0.354 e. The van der Waals surface area contributed by atoms with Crippen molar-refractivity contribution >= 4 is 52.4 Å². The highest BCUT2D eigenvalue weighted by atomic mass is 16.1. The van der Waals surface area contributed by atoms with E-state index in [1.54, 1.807) is 84.9 Å². The summed E-state index contributed by atoms with van der Waals surface area (Å²) in [5, 5.41) is 9.58. The number of hydrogen-bond donors (Lipinski definition) is 3. The quantitative estimate of drug-likeness (QED) is 0.140. The van der Waals surface area contributed by atoms with Gasteiger partial charge in [0.2, 0.25) is 17.8 Å². The highest BCUT2D eigenvalue weighted by molar-refractivity contribution is 6.31. The van der Waals surface area contributed by atoms with Gasteiger partial charge in [-0.2, -0.15) is 15.0 Å². The number of carbonyl (C=O) groups excluding carboxylic acids is 4. The van der Waals surface area contributed by atoms with Crippen LogP contribution < -0.4 is 16.0 Å². The van der Waals surface area contributed by atoms with Crippen LogP contribution in [0, 0.1) is 0 Å². The van der Waals surface area contributed by atoms with Crippen LogP contribution in [0.15, 0.2) is 84.9 Å². The molecule has 0 aliphatic heterocycles. The Morgan fingerprint density at radius 1 is 0.510 bits per heavy atom. The third kappa shape index (κ3) is 5.85. The molecule has 1 aromatic heterocycles. The lowest BCUT2D eigenvalue weighted by Crippen LogP contribution is -2.25. The Morgan fingerprint density at radius 2 is 0.918 bits per heavy atom. The summed E-state index contributed by atoms with van der Waals surface area (Å²) in [4.78, 5) is 70.1. The van der Waals surface area contributed by atoms with E-state index in [1.165, 1.54) is 0 Å². The van der Waals surface area contributed by atoms with Gasteiger partial charge in [-0.15, -0.1) is 0 Å². The zero-order valence-corrected chi connectivity index (χ0v) is 27.0. The van der Waals surface area contributed by atoms with Crippen molar-refractivity contribution in [2.24, 2.45) is 0 Å². The van der Waals surface area contributed by atoms with Crippen molar-refractivity contribution in [2.45, 2.75) is 20.3 Å². The fourth-order valence-electron chi connectivity index (χ4n) is 6.35. The molecule has 11 heteroatoms. The maximum absolute atomic E-state index is 13.7. The molecule has 0 amide bonds. The fraction of sp³-hybridized carbons (Fsp3) is 0.184. The molecule has 0 unspecified atom stereocenters. The van der Waals surface area contributed by atoms with Crippen LogP contribution in [-0.4, -0.2) is 69.2 Å². The molecule has 0 atom stereocenters. The molecular formula is C38H33N7O4. The highest BCUT2D eigenvalue weighted by Gasteiger charge is 2.33. The number of rotatable bonds is 11. The molecule has 3 N–H and O–H groups in total. The van der Waals surface area contributed by atoms with Crippen molar-refractivity contribution < 1.29 is 19.2 Å². The first kappa shape index (κ1) is 31.5. The molecule has 2 aliphatic rings. The number of benzene rings is 4. The van der Waals surface area contributed by atoms with E-state index in [4.69, 9.17) is 0 Å². The largest absolute Gasteiger partial charge is 0.354 e. The summed E-state index contributed by atoms with van der Waals surface area (Å²) in [5.41, 5.74) is 3.16. The minimum absolute atomic E-state index is 0.105. The Kier molecular flexibility index (Phi) is 8.50. The van der Waals surface area contributed by atoms with E-state index in [1.807, 2.05) is 0 Å². The second-order valence-electron chi connectivity index (χ2n) is 11.7. The van der Waals surface area contributed by atoms with Crippen LogP contribution in [0.1, 0.15) is 84.0 Å². The van der Waals surface area contributed by atoms with Crippen LogP contribution in [0.3, 0.4) is 0 Å². The number of nitrogens with one attached hydrogen (secondary N) is 3. The SMILES string of the molecule is CCN(CC)CCCNc1nc(Nc2cccc3c2C(=O)c2ccccc2C3=O)nc(Nc2cccc3c2C(=O)c2ccccc2C3=O)n1. The van der Waals surface area contributed by atoms with Crippen LogP contribution in [-0.2, 0) is 0 Å². The number of ketones is 4. The predicted molar refractivity (Wildman–Crippen MR) is 187 cm³/mol. The van der Waals surface area contributed by atoms with E-state index in [9.17, 15) is 19.2 Å². The summed E-state index contributed by atoms with van der Waals surface area (Å²) < 4.78 is 0. The van der Waals surface area contributed by atoms with Crippen molar-refractivity contribution in [3.05, 3.63) is 129 Å². The van der Waals surface area contributed by atoms with Crippen molar-refractivity contribution in [3.63, 3.8) is 0 Å². The lowest BCUT2D eigenvalue weighted by molar-refractivity contribution is 0.0979. The summed E-state index contributed by atoms with van der Waals surface area (Å²) in [6.07, 6.45) is 0.837. The third-order valence-electron chi connectivity index (χ3n) is 8.86. The maximum Gasteiger partial charge on any atom is 0.233 e. The fourth-order valence-corrected chi connectivity index (χ4v) is 6.35. The molecule has 5 aromatic rings. The van der Waals surface area contributed by atoms with Gasteiger partial charge in [-0.1, -0.05) is 86.6 Å². The average Bonchev–Trinajstić information content (AvgIpc) is 3.13. The molecule has 1 heterocycles. The molecule has 244 valence electrons. The molecule has 0 bridgehead atoms. The lowest BCUT2D eigenvalue weighted by Gasteiger charge is -2.21. The molecule has 49 heavy (non-hydrogen) atoms. The topological polar surface area (TPSA) is 146 Å². The number of fused-ring (bicyclic) bond motifs is 4. The zero-order valence-electron chi connectivity index (χ0n) is 27.0. The molecule has 0 saturated heterocycles. The van der Waals surface area contributed by atoms with Gasteiger partial charge in [-0.3, -0.25) is 19.2 Å². The summed E-state index contributed by atoms with van der Waals surface area (Å²) in [6, 6.07) is 23.6. The van der Waals surface area contributed by atoms with Gasteiger partial charge < -0.3 is 20.9 Å². The zero-order chi connectivity index (χ0) is 34.1. The van der Waals surface area contributed by atoms with Crippen LogP contribution >= 0.6 is 0 Å². The van der Waals surface area contributed by atoms with E-state index in [-0.39, 0.29) is 63.2 Å². The van der Waals surface area contributed by atoms with E-state index < -0.39 is 0 Å². The van der Waals surface area contributed by atoms with E-state index in [0.29, 0.717) is 40.2 Å². The lowest BCUT2D eigenvalue weighted by atomic mass is 9.83. The molecule has 4 aromatic carbocycles. The smallest absolute Gasteiger partial charge is 0.233 e. The monoisotopic (exact) mass is 651 g/mol. The normalized spacial score (nSPS) is 13.0. The number of carbonyl (C=O) groups is 4. The number of nitrogens with zero attached hydrogens (tertiary/aromatic N) is 4. The minimum atomic E-state index is -0.283. The Balaban J connectivity index is 1.24. The van der Waals surface area contributed by atoms with Gasteiger partial charge in [0.1, 0.15) is 0 Å². The molecule has 7 rings (SSSR count). The number of anilines is 5.